The van der Waals surface area contributed by atoms with Crippen molar-refractivity contribution in [2.75, 3.05) is 7.11 Å². The highest BCUT2D eigenvalue weighted by atomic mass is 32.1. The molecule has 0 bridgehead atoms. The highest BCUT2D eigenvalue weighted by Gasteiger charge is 2.11. The van der Waals surface area contributed by atoms with Crippen molar-refractivity contribution in [2.45, 2.75) is 0 Å². The van der Waals surface area contributed by atoms with Crippen molar-refractivity contribution < 1.29 is 14.3 Å². The number of esters is 1. The molecule has 0 saturated heterocycles. The quantitative estimate of drug-likeness (QED) is 0.302. The number of benzene rings is 2. The van der Waals surface area contributed by atoms with Gasteiger partial charge in [-0.05, 0) is 47.2 Å². The number of thiophene rings is 2. The number of hydrogen-bond acceptors (Lipinski definition) is 7. The first-order valence-corrected chi connectivity index (χ1v) is 12.1. The third kappa shape index (κ3) is 3.98. The molecule has 0 saturated carbocycles. The summed E-state index contributed by atoms with van der Waals surface area (Å²) >= 11 is 3.02. The molecule has 174 valence electrons. The Morgan fingerprint density at radius 1 is 0.743 bits per heavy atom. The van der Waals surface area contributed by atoms with Crippen molar-refractivity contribution in [3.05, 3.63) is 91.1 Å². The van der Waals surface area contributed by atoms with E-state index in [0.717, 1.165) is 20.2 Å². The molecule has 6 rings (SSSR count). The number of primary amides is 1. The number of H-pyrrole nitrogens is 2. The Kier molecular flexibility index (Phi) is 5.67. The second-order valence-electron chi connectivity index (χ2n) is 7.61. The molecule has 0 spiro atoms. The smallest absolute Gasteiger partial charge is 0.337 e. The van der Waals surface area contributed by atoms with Crippen LogP contribution in [0.25, 0.3) is 42.0 Å². The van der Waals surface area contributed by atoms with Gasteiger partial charge >= 0.3 is 5.97 Å². The number of carbonyl (C=O) groups is 2. The minimum absolute atomic E-state index is 0.138. The van der Waals surface area contributed by atoms with Crippen LogP contribution >= 0.6 is 22.7 Å². The molecule has 10 heteroatoms. The molecule has 4 aromatic heterocycles. The van der Waals surface area contributed by atoms with Crippen molar-refractivity contribution in [2.24, 2.45) is 5.73 Å². The van der Waals surface area contributed by atoms with E-state index in [1.165, 1.54) is 29.8 Å². The number of hydrogen-bond donors (Lipinski definition) is 3. The Hall–Kier alpha value is -4.28. The van der Waals surface area contributed by atoms with Crippen LogP contribution in [0, 0.1) is 0 Å². The number of methoxy groups -OCH3 is 1. The fourth-order valence-corrected chi connectivity index (χ4v) is 5.73. The van der Waals surface area contributed by atoms with Gasteiger partial charge in [-0.3, -0.25) is 14.4 Å². The summed E-state index contributed by atoms with van der Waals surface area (Å²) in [5, 5.41) is 6.98. The SMILES string of the molecule is COC(=O)c1ccc2c(c1)[nH]c(=O)c1ccsc12.NC(=O)c1ccc2c(c1)[nH]c(=O)c1ccsc12. The van der Waals surface area contributed by atoms with Crippen LogP contribution < -0.4 is 16.9 Å². The lowest BCUT2D eigenvalue weighted by Gasteiger charge is -2.03. The van der Waals surface area contributed by atoms with Crippen molar-refractivity contribution in [1.29, 1.82) is 0 Å². The van der Waals surface area contributed by atoms with E-state index in [0.29, 0.717) is 32.9 Å². The number of carbonyl (C=O) groups excluding carboxylic acids is 2. The summed E-state index contributed by atoms with van der Waals surface area (Å²) in [6.45, 7) is 0. The first kappa shape index (κ1) is 22.5. The highest BCUT2D eigenvalue weighted by molar-refractivity contribution is 7.18. The summed E-state index contributed by atoms with van der Waals surface area (Å²) in [6, 6.07) is 13.8. The maximum Gasteiger partial charge on any atom is 0.337 e. The average Bonchev–Trinajstić information content (AvgIpc) is 3.54. The largest absolute Gasteiger partial charge is 0.465 e. The Morgan fingerprint density at radius 3 is 1.71 bits per heavy atom. The number of aromatic amines is 2. The van der Waals surface area contributed by atoms with Crippen molar-refractivity contribution in [1.82, 2.24) is 9.97 Å². The lowest BCUT2D eigenvalue weighted by Crippen LogP contribution is -2.11. The van der Waals surface area contributed by atoms with Gasteiger partial charge in [-0.2, -0.15) is 0 Å². The van der Waals surface area contributed by atoms with Gasteiger partial charge in [0.25, 0.3) is 11.1 Å². The van der Waals surface area contributed by atoms with Crippen LogP contribution in [0.1, 0.15) is 20.7 Å². The minimum atomic E-state index is -0.501. The number of aromatic nitrogens is 2. The molecule has 0 unspecified atom stereocenters. The zero-order chi connectivity index (χ0) is 24.7. The van der Waals surface area contributed by atoms with Gasteiger partial charge in [0.15, 0.2) is 0 Å². The van der Waals surface area contributed by atoms with E-state index >= 15 is 0 Å². The summed E-state index contributed by atoms with van der Waals surface area (Å²) in [4.78, 5) is 51.7. The summed E-state index contributed by atoms with van der Waals surface area (Å²) in [6.07, 6.45) is 0. The van der Waals surface area contributed by atoms with Crippen LogP contribution in [0.5, 0.6) is 0 Å². The normalized spacial score (nSPS) is 11.0. The first-order valence-electron chi connectivity index (χ1n) is 10.3. The Labute approximate surface area is 204 Å². The predicted molar refractivity (Wildman–Crippen MR) is 140 cm³/mol. The van der Waals surface area contributed by atoms with Gasteiger partial charge in [-0.15, -0.1) is 22.7 Å². The number of amides is 1. The molecule has 2 aromatic carbocycles. The van der Waals surface area contributed by atoms with Gasteiger partial charge in [0.1, 0.15) is 0 Å². The summed E-state index contributed by atoms with van der Waals surface area (Å²) < 4.78 is 6.53. The third-order valence-corrected chi connectivity index (χ3v) is 7.45. The molecule has 8 nitrogen and oxygen atoms in total. The molecule has 0 aliphatic heterocycles. The fraction of sp³-hybridized carbons (Fsp3) is 0.0400. The summed E-state index contributed by atoms with van der Waals surface area (Å²) in [7, 11) is 1.33. The van der Waals surface area contributed by atoms with E-state index in [1.54, 1.807) is 36.4 Å². The average molecular weight is 504 g/mol. The summed E-state index contributed by atoms with van der Waals surface area (Å²) in [5.74, 6) is -0.914. The molecule has 0 fully saturated rings. The number of pyridine rings is 2. The Balaban J connectivity index is 0.000000145. The predicted octanol–water partition coefficient (Wildman–Crippen LogP) is 4.37. The molecule has 1 amide bonds. The molecule has 0 atom stereocenters. The monoisotopic (exact) mass is 503 g/mol. The number of nitrogens with one attached hydrogen (secondary N) is 2. The molecule has 0 aliphatic rings. The van der Waals surface area contributed by atoms with E-state index in [9.17, 15) is 19.2 Å². The maximum atomic E-state index is 11.8. The van der Waals surface area contributed by atoms with Crippen LogP contribution in [0.15, 0.2) is 68.9 Å². The van der Waals surface area contributed by atoms with Crippen LogP contribution in [0.4, 0.5) is 0 Å². The topological polar surface area (TPSA) is 135 Å². The second-order valence-corrected chi connectivity index (χ2v) is 9.44. The molecule has 4 N–H and O–H groups in total. The third-order valence-electron chi connectivity index (χ3n) is 5.55. The molecule has 35 heavy (non-hydrogen) atoms. The molecule has 0 aliphatic carbocycles. The van der Waals surface area contributed by atoms with Crippen LogP contribution in [0.2, 0.25) is 0 Å². The van der Waals surface area contributed by atoms with Crippen LogP contribution in [0.3, 0.4) is 0 Å². The zero-order valence-corrected chi connectivity index (χ0v) is 19.8. The Bertz CT molecular complexity index is 1890. The first-order chi connectivity index (χ1) is 16.9. The summed E-state index contributed by atoms with van der Waals surface area (Å²) in [5.41, 5.74) is 7.04. The van der Waals surface area contributed by atoms with E-state index in [1.807, 2.05) is 22.9 Å². The van der Waals surface area contributed by atoms with Crippen molar-refractivity contribution in [3.8, 4) is 0 Å². The second kappa shape index (κ2) is 8.82. The fourth-order valence-electron chi connectivity index (χ4n) is 3.86. The Morgan fingerprint density at radius 2 is 1.23 bits per heavy atom. The van der Waals surface area contributed by atoms with E-state index in [2.05, 4.69) is 14.7 Å². The van der Waals surface area contributed by atoms with Crippen molar-refractivity contribution in [3.63, 3.8) is 0 Å². The lowest BCUT2D eigenvalue weighted by atomic mass is 10.1. The van der Waals surface area contributed by atoms with Gasteiger partial charge in [0.05, 0.1) is 34.5 Å². The number of rotatable bonds is 2. The molecular weight excluding hydrogens is 486 g/mol. The van der Waals surface area contributed by atoms with E-state index in [4.69, 9.17) is 5.73 Å². The van der Waals surface area contributed by atoms with Crippen molar-refractivity contribution >= 4 is 76.5 Å². The van der Waals surface area contributed by atoms with E-state index < -0.39 is 11.9 Å². The van der Waals surface area contributed by atoms with Gasteiger partial charge in [-0.25, -0.2) is 4.79 Å². The molecule has 4 heterocycles. The number of fused-ring (bicyclic) bond motifs is 6. The molecular formula is C25H17N3O5S2. The van der Waals surface area contributed by atoms with Gasteiger partial charge < -0.3 is 20.4 Å². The standard InChI is InChI=1S/C13H9NO3S.C12H8N2O2S/c1-17-13(16)7-2-3-8-10(6-7)14-12(15)9-4-5-18-11(8)9;13-11(15)6-1-2-7-9(5-6)14-12(16)8-3-4-17-10(7)8/h2-6H,1H3,(H,14,15);1-5H,(H2,13,15)(H,14,16). The van der Waals surface area contributed by atoms with E-state index in [-0.39, 0.29) is 11.1 Å². The maximum absolute atomic E-state index is 11.8. The molecule has 0 radical (unpaired) electrons. The van der Waals surface area contributed by atoms with Crippen LogP contribution in [-0.4, -0.2) is 29.0 Å². The number of nitrogens with two attached hydrogens (primary N) is 1. The minimum Gasteiger partial charge on any atom is -0.465 e. The highest BCUT2D eigenvalue weighted by Crippen LogP contribution is 2.27. The lowest BCUT2D eigenvalue weighted by molar-refractivity contribution is 0.0600. The molecule has 6 aromatic rings. The van der Waals surface area contributed by atoms with Gasteiger partial charge in [0.2, 0.25) is 5.91 Å². The zero-order valence-electron chi connectivity index (χ0n) is 18.2. The van der Waals surface area contributed by atoms with Gasteiger partial charge in [0, 0.05) is 25.7 Å². The van der Waals surface area contributed by atoms with Gasteiger partial charge in [-0.1, -0.05) is 12.1 Å². The number of ether oxygens (including phenoxy) is 1. The van der Waals surface area contributed by atoms with Crippen LogP contribution in [-0.2, 0) is 4.74 Å².